The van der Waals surface area contributed by atoms with E-state index < -0.39 is 31.8 Å². The Morgan fingerprint density at radius 1 is 1.23 bits per heavy atom. The number of ether oxygens (including phenoxy) is 1. The molecule has 1 N–H and O–H groups in total. The van der Waals surface area contributed by atoms with Gasteiger partial charge in [-0.2, -0.15) is 5.43 Å². The fourth-order valence-electron chi connectivity index (χ4n) is 2.51. The number of hydrogen-bond acceptors (Lipinski definition) is 5. The summed E-state index contributed by atoms with van der Waals surface area (Å²) in [4.78, 5) is 27.8. The first kappa shape index (κ1) is 22.1. The molecule has 3 rings (SSSR count). The van der Waals surface area contributed by atoms with Crippen LogP contribution in [0.2, 0.25) is 5.02 Å². The van der Waals surface area contributed by atoms with Gasteiger partial charge in [-0.25, -0.2) is 8.78 Å². The first-order chi connectivity index (χ1) is 14.3. The zero-order valence-electron chi connectivity index (χ0n) is 15.6. The molecular formula is C20H16ClF2N2O4P. The van der Waals surface area contributed by atoms with Crippen LogP contribution >= 0.6 is 19.8 Å². The molecule has 3 aromatic rings. The second kappa shape index (κ2) is 9.91. The number of esters is 1. The van der Waals surface area contributed by atoms with Crippen LogP contribution in [0.4, 0.5) is 8.78 Å². The first-order valence-electron chi connectivity index (χ1n) is 8.74. The van der Waals surface area contributed by atoms with E-state index in [1.54, 1.807) is 24.3 Å². The molecule has 0 aromatic heterocycles. The van der Waals surface area contributed by atoms with E-state index in [1.807, 2.05) is 12.1 Å². The molecule has 156 valence electrons. The minimum absolute atomic E-state index is 0.0221. The van der Waals surface area contributed by atoms with Crippen molar-refractivity contribution in [3.63, 3.8) is 0 Å². The Hall–Kier alpha value is -2.64. The van der Waals surface area contributed by atoms with Crippen LogP contribution in [-0.4, -0.2) is 12.0 Å². The first-order valence-corrected chi connectivity index (χ1v) is 10.2. The Bertz CT molecular complexity index is 1110. The zero-order chi connectivity index (χ0) is 21.7. The molecule has 3 aromatic carbocycles. The number of rotatable bonds is 7. The van der Waals surface area contributed by atoms with Gasteiger partial charge >= 0.3 is 14.1 Å². The summed E-state index contributed by atoms with van der Waals surface area (Å²) < 4.78 is 36.8. The monoisotopic (exact) mass is 452 g/mol. The van der Waals surface area contributed by atoms with Gasteiger partial charge in [0.15, 0.2) is 0 Å². The van der Waals surface area contributed by atoms with Crippen LogP contribution in [0.25, 0.3) is 10.8 Å². The Labute approximate surface area is 177 Å². The lowest BCUT2D eigenvalue weighted by molar-refractivity contribution is -0.169. The number of halogens is 3. The van der Waals surface area contributed by atoms with E-state index in [9.17, 15) is 18.5 Å². The van der Waals surface area contributed by atoms with E-state index in [0.29, 0.717) is 11.5 Å². The lowest BCUT2D eigenvalue weighted by Crippen LogP contribution is -2.31. The minimum Gasteiger partial charge on any atom is -0.574 e. The van der Waals surface area contributed by atoms with Crippen molar-refractivity contribution in [2.75, 3.05) is 0 Å². The number of nitrogens with zero attached hydrogens (tertiary/aromatic N) is 1. The van der Waals surface area contributed by atoms with Crippen LogP contribution in [0.15, 0.2) is 59.5 Å². The van der Waals surface area contributed by atoms with Gasteiger partial charge in [-0.3, -0.25) is 9.32 Å². The number of benzene rings is 3. The van der Waals surface area contributed by atoms with Gasteiger partial charge in [-0.05, 0) is 30.5 Å². The molecular weight excluding hydrogens is 437 g/mol. The molecule has 0 fully saturated rings. The number of carbonyl (C=O) groups excluding carboxylic acids is 1. The van der Waals surface area contributed by atoms with Crippen LogP contribution in [-0.2, 0) is 16.1 Å². The van der Waals surface area contributed by atoms with E-state index >= 15 is 0 Å². The molecule has 0 radical (unpaired) electrons. The van der Waals surface area contributed by atoms with Gasteiger partial charge in [0.2, 0.25) is 5.75 Å². The summed E-state index contributed by atoms with van der Waals surface area (Å²) in [6.07, 6.45) is 0. The quantitative estimate of drug-likeness (QED) is 0.321. The summed E-state index contributed by atoms with van der Waals surface area (Å²) in [7, 11) is -2.60. The Kier molecular flexibility index (Phi) is 7.29. The Morgan fingerprint density at radius 2 is 2.00 bits per heavy atom. The topological polar surface area (TPSA) is 83.0 Å². The summed E-state index contributed by atoms with van der Waals surface area (Å²) >= 11 is 6.14. The van der Waals surface area contributed by atoms with Gasteiger partial charge in [-0.1, -0.05) is 41.9 Å². The number of carbonyl (C=O) groups is 1. The van der Waals surface area contributed by atoms with Crippen LogP contribution in [0.1, 0.15) is 12.5 Å². The van der Waals surface area contributed by atoms with E-state index in [2.05, 4.69) is 10.3 Å². The number of fused-ring (bicyclic) bond motifs is 1. The van der Waals surface area contributed by atoms with Crippen molar-refractivity contribution < 1.29 is 27.7 Å². The lowest BCUT2D eigenvalue weighted by Gasteiger charge is -2.10. The van der Waals surface area contributed by atoms with Crippen LogP contribution in [0.3, 0.4) is 0 Å². The largest absolute Gasteiger partial charge is 0.574 e. The second-order valence-corrected chi connectivity index (χ2v) is 7.49. The zero-order valence-corrected chi connectivity index (χ0v) is 17.3. The maximum Gasteiger partial charge on any atom is 0.412 e. The van der Waals surface area contributed by atoms with Gasteiger partial charge in [0, 0.05) is 21.9 Å². The van der Waals surface area contributed by atoms with Crippen molar-refractivity contribution in [3.8, 4) is 5.75 Å². The average Bonchev–Trinajstić information content (AvgIpc) is 2.73. The molecule has 0 aliphatic carbocycles. The normalized spacial score (nSPS) is 12.6. The smallest absolute Gasteiger partial charge is 0.412 e. The lowest BCUT2D eigenvalue weighted by atomic mass is 10.1. The van der Waals surface area contributed by atoms with Gasteiger partial charge < -0.3 is 9.63 Å². The average molecular weight is 453 g/mol. The van der Waals surface area contributed by atoms with Crippen molar-refractivity contribution in [2.45, 2.75) is 19.6 Å². The molecule has 30 heavy (non-hydrogen) atoms. The van der Waals surface area contributed by atoms with Crippen molar-refractivity contribution in [3.05, 3.63) is 76.8 Å². The van der Waals surface area contributed by atoms with Crippen molar-refractivity contribution in [1.82, 2.24) is 5.43 Å². The van der Waals surface area contributed by atoms with Crippen LogP contribution in [0.5, 0.6) is 5.75 Å². The fourth-order valence-corrected chi connectivity index (χ4v) is 3.43. The van der Waals surface area contributed by atoms with Crippen molar-refractivity contribution >= 4 is 36.5 Å². The highest BCUT2D eigenvalue weighted by atomic mass is 35.5. The summed E-state index contributed by atoms with van der Waals surface area (Å²) in [5.74, 6) is -2.11. The van der Waals surface area contributed by atoms with Gasteiger partial charge in [0.05, 0.1) is 5.02 Å². The molecule has 10 heteroatoms. The van der Waals surface area contributed by atoms with Gasteiger partial charge in [-0.15, -0.1) is 0 Å². The molecule has 0 heterocycles. The molecule has 0 saturated carbocycles. The summed E-state index contributed by atoms with van der Waals surface area (Å²) in [6.45, 7) is 1.03. The Morgan fingerprint density at radius 3 is 2.77 bits per heavy atom. The fraction of sp³-hybridized carbons (Fsp3) is 0.150. The third-order valence-electron chi connectivity index (χ3n) is 4.07. The van der Waals surface area contributed by atoms with Crippen LogP contribution in [0, 0.1) is 11.6 Å². The van der Waals surface area contributed by atoms with E-state index in [4.69, 9.17) is 20.9 Å². The second-order valence-electron chi connectivity index (χ2n) is 6.22. The molecule has 0 aliphatic rings. The SMILES string of the molecule is C[C@H](N/N=[P+](/[O-])Oc1c(Cl)ccc2ccccc12)C(=O)OCc1ccc(F)cc1F. The third-order valence-corrected chi connectivity index (χ3v) is 4.99. The highest BCUT2D eigenvalue weighted by molar-refractivity contribution is 7.34. The molecule has 0 saturated heterocycles. The maximum absolute atomic E-state index is 13.6. The number of nitrogens with one attached hydrogen (secondary N) is 1. The van der Waals surface area contributed by atoms with Gasteiger partial charge in [0.25, 0.3) is 0 Å². The highest BCUT2D eigenvalue weighted by Gasteiger charge is 2.18. The molecule has 1 unspecified atom stereocenters. The summed E-state index contributed by atoms with van der Waals surface area (Å²) in [5, 5.41) is 1.77. The maximum atomic E-state index is 13.6. The van der Waals surface area contributed by atoms with Crippen molar-refractivity contribution in [2.24, 2.45) is 4.85 Å². The van der Waals surface area contributed by atoms with Gasteiger partial charge in [0.1, 0.15) is 24.3 Å². The molecule has 0 bridgehead atoms. The predicted octanol–water partition coefficient (Wildman–Crippen LogP) is 4.64. The van der Waals surface area contributed by atoms with E-state index in [0.717, 1.165) is 11.5 Å². The van der Waals surface area contributed by atoms with Crippen molar-refractivity contribution in [1.29, 1.82) is 0 Å². The predicted molar refractivity (Wildman–Crippen MR) is 108 cm³/mol. The standard InChI is InChI=1S/C20H16ClF2N2O4P/c1-12(20(26)28-11-14-6-8-15(22)10-18(14)23)24-25-30(27)29-19-16-5-3-2-4-13(16)7-9-17(19)21/h2-10,12,24H,11H2,1H3/t12-/m0/s1. The summed E-state index contributed by atoms with van der Waals surface area (Å²) in [5.41, 5.74) is 2.40. The molecule has 0 aliphatic heterocycles. The molecule has 0 amide bonds. The summed E-state index contributed by atoms with van der Waals surface area (Å²) in [6, 6.07) is 12.6. The highest BCUT2D eigenvalue weighted by Crippen LogP contribution is 2.37. The molecule has 2 atom stereocenters. The third kappa shape index (κ3) is 5.49. The number of hydrogen-bond donors (Lipinski definition) is 1. The van der Waals surface area contributed by atoms with E-state index in [1.165, 1.54) is 13.0 Å². The van der Waals surface area contributed by atoms with Crippen LogP contribution < -0.4 is 14.8 Å². The van der Waals surface area contributed by atoms with E-state index in [-0.39, 0.29) is 22.9 Å². The minimum atomic E-state index is -2.60. The molecule has 0 spiro atoms. The Balaban J connectivity index is 1.60. The molecule has 6 nitrogen and oxygen atoms in total.